The zero-order chi connectivity index (χ0) is 15.1. The number of nitrogens with zero attached hydrogens (tertiary/aromatic N) is 2. The third-order valence-corrected chi connectivity index (χ3v) is 2.55. The molecule has 1 aromatic heterocycles. The molecule has 0 fully saturated rings. The molecular formula is C12H18N4O4. The molecule has 1 heterocycles. The van der Waals surface area contributed by atoms with Crippen molar-refractivity contribution in [2.24, 2.45) is 0 Å². The van der Waals surface area contributed by atoms with E-state index >= 15 is 0 Å². The number of carboxylic acid groups (broad SMARTS) is 1. The first-order valence-electron chi connectivity index (χ1n) is 6.05. The number of aromatic carboxylic acids is 1. The third kappa shape index (κ3) is 4.47. The normalized spacial score (nSPS) is 11.8. The molecule has 110 valence electrons. The van der Waals surface area contributed by atoms with Crippen LogP contribution in [0.3, 0.4) is 0 Å². The van der Waals surface area contributed by atoms with Crippen molar-refractivity contribution in [1.82, 2.24) is 15.3 Å². The molecule has 0 aliphatic rings. The summed E-state index contributed by atoms with van der Waals surface area (Å²) in [6.45, 7) is 4.08. The maximum Gasteiger partial charge on any atom is 0.339 e. The zero-order valence-electron chi connectivity index (χ0n) is 11.6. The lowest BCUT2D eigenvalue weighted by Crippen LogP contribution is -2.39. The van der Waals surface area contributed by atoms with Gasteiger partial charge in [0.05, 0.1) is 17.9 Å². The minimum absolute atomic E-state index is 0.0350. The van der Waals surface area contributed by atoms with E-state index in [-0.39, 0.29) is 17.4 Å². The van der Waals surface area contributed by atoms with Crippen LogP contribution in [0, 0.1) is 6.92 Å². The molecule has 0 bridgehead atoms. The molecule has 0 saturated carbocycles. The number of nitrogens with one attached hydrogen (secondary N) is 2. The highest BCUT2D eigenvalue weighted by Gasteiger charge is 2.15. The van der Waals surface area contributed by atoms with Crippen LogP contribution in [0.4, 0.5) is 5.95 Å². The number of amides is 1. The summed E-state index contributed by atoms with van der Waals surface area (Å²) in [5.41, 5.74) is 0.370. The van der Waals surface area contributed by atoms with Crippen molar-refractivity contribution in [3.63, 3.8) is 0 Å². The summed E-state index contributed by atoms with van der Waals surface area (Å²) in [6, 6.07) is -0.540. The van der Waals surface area contributed by atoms with Gasteiger partial charge in [-0.3, -0.25) is 4.79 Å². The number of hydrogen-bond acceptors (Lipinski definition) is 6. The van der Waals surface area contributed by atoms with Gasteiger partial charge in [-0.1, -0.05) is 0 Å². The Bertz CT molecular complexity index is 492. The second-order valence-electron chi connectivity index (χ2n) is 4.15. The predicted octanol–water partition coefficient (Wildman–Crippen LogP) is 0.0462. The molecule has 1 aromatic rings. The van der Waals surface area contributed by atoms with E-state index in [0.29, 0.717) is 18.8 Å². The molecule has 8 heteroatoms. The lowest BCUT2D eigenvalue weighted by atomic mass is 10.2. The molecule has 0 saturated heterocycles. The van der Waals surface area contributed by atoms with Crippen LogP contribution >= 0.6 is 0 Å². The minimum Gasteiger partial charge on any atom is -0.478 e. The van der Waals surface area contributed by atoms with Gasteiger partial charge >= 0.3 is 5.97 Å². The van der Waals surface area contributed by atoms with E-state index < -0.39 is 12.0 Å². The first kappa shape index (κ1) is 15.8. The van der Waals surface area contributed by atoms with Crippen molar-refractivity contribution < 1.29 is 19.4 Å². The molecule has 8 nitrogen and oxygen atoms in total. The Morgan fingerprint density at radius 1 is 1.50 bits per heavy atom. The number of rotatable bonds is 7. The van der Waals surface area contributed by atoms with E-state index in [4.69, 9.17) is 9.84 Å². The SMILES string of the molecule is COCCNC(=O)C(C)Nc1ncc(C(=O)O)c(C)n1. The molecule has 0 aliphatic carbocycles. The fraction of sp³-hybridized carbons (Fsp3) is 0.500. The van der Waals surface area contributed by atoms with E-state index in [1.165, 1.54) is 6.20 Å². The average molecular weight is 282 g/mol. The van der Waals surface area contributed by atoms with E-state index in [9.17, 15) is 9.59 Å². The number of hydrogen-bond donors (Lipinski definition) is 3. The van der Waals surface area contributed by atoms with Crippen molar-refractivity contribution in [2.75, 3.05) is 25.6 Å². The molecule has 3 N–H and O–H groups in total. The topological polar surface area (TPSA) is 113 Å². The molecule has 1 rings (SSSR count). The summed E-state index contributed by atoms with van der Waals surface area (Å²) >= 11 is 0. The van der Waals surface area contributed by atoms with Crippen LogP contribution in [-0.2, 0) is 9.53 Å². The highest BCUT2D eigenvalue weighted by molar-refractivity contribution is 5.88. The van der Waals surface area contributed by atoms with Gasteiger partial charge in [-0.05, 0) is 13.8 Å². The molecule has 1 atom stereocenters. The number of aryl methyl sites for hydroxylation is 1. The first-order valence-corrected chi connectivity index (χ1v) is 6.05. The maximum atomic E-state index is 11.7. The second kappa shape index (κ2) is 7.39. The van der Waals surface area contributed by atoms with Crippen molar-refractivity contribution in [2.45, 2.75) is 19.9 Å². The number of ether oxygens (including phenoxy) is 1. The number of aromatic nitrogens is 2. The number of methoxy groups -OCH3 is 1. The lowest BCUT2D eigenvalue weighted by Gasteiger charge is -2.14. The number of carboxylic acids is 1. The Labute approximate surface area is 116 Å². The first-order chi connectivity index (χ1) is 9.45. The fourth-order valence-electron chi connectivity index (χ4n) is 1.44. The summed E-state index contributed by atoms with van der Waals surface area (Å²) in [5, 5.41) is 14.4. The van der Waals surface area contributed by atoms with Crippen LogP contribution in [0.2, 0.25) is 0 Å². The Morgan fingerprint density at radius 3 is 2.75 bits per heavy atom. The summed E-state index contributed by atoms with van der Waals surface area (Å²) in [6.07, 6.45) is 1.21. The van der Waals surface area contributed by atoms with Gasteiger partial charge in [-0.2, -0.15) is 0 Å². The lowest BCUT2D eigenvalue weighted by molar-refractivity contribution is -0.121. The van der Waals surface area contributed by atoms with Gasteiger partial charge in [0.2, 0.25) is 11.9 Å². The van der Waals surface area contributed by atoms with Crippen LogP contribution in [-0.4, -0.2) is 53.3 Å². The molecule has 20 heavy (non-hydrogen) atoms. The van der Waals surface area contributed by atoms with Gasteiger partial charge in [-0.15, -0.1) is 0 Å². The van der Waals surface area contributed by atoms with Crippen molar-refractivity contribution >= 4 is 17.8 Å². The molecule has 0 spiro atoms. The molecule has 0 aliphatic heterocycles. The zero-order valence-corrected chi connectivity index (χ0v) is 11.6. The van der Waals surface area contributed by atoms with Gasteiger partial charge in [0.1, 0.15) is 6.04 Å². The van der Waals surface area contributed by atoms with Crippen molar-refractivity contribution in [3.05, 3.63) is 17.5 Å². The van der Waals surface area contributed by atoms with E-state index in [0.717, 1.165) is 0 Å². The van der Waals surface area contributed by atoms with Crippen molar-refractivity contribution in [1.29, 1.82) is 0 Å². The Kier molecular flexibility index (Phi) is 5.85. The second-order valence-corrected chi connectivity index (χ2v) is 4.15. The highest BCUT2D eigenvalue weighted by atomic mass is 16.5. The van der Waals surface area contributed by atoms with Crippen molar-refractivity contribution in [3.8, 4) is 0 Å². The largest absolute Gasteiger partial charge is 0.478 e. The standard InChI is InChI=1S/C12H18N4O4/c1-7-9(11(18)19)6-14-12(15-7)16-8(2)10(17)13-4-5-20-3/h6,8H,4-5H2,1-3H3,(H,13,17)(H,18,19)(H,14,15,16). The molecule has 0 aromatic carbocycles. The Hall–Kier alpha value is -2.22. The monoisotopic (exact) mass is 282 g/mol. The average Bonchev–Trinajstić information content (AvgIpc) is 2.38. The maximum absolute atomic E-state index is 11.7. The summed E-state index contributed by atoms with van der Waals surface area (Å²) in [5.74, 6) is -1.09. The number of anilines is 1. The Morgan fingerprint density at radius 2 is 2.20 bits per heavy atom. The summed E-state index contributed by atoms with van der Waals surface area (Å²) < 4.78 is 4.83. The Balaban J connectivity index is 2.62. The van der Waals surface area contributed by atoms with Gasteiger partial charge < -0.3 is 20.5 Å². The van der Waals surface area contributed by atoms with E-state index in [1.54, 1.807) is 21.0 Å². The quantitative estimate of drug-likeness (QED) is 0.605. The molecular weight excluding hydrogens is 264 g/mol. The van der Waals surface area contributed by atoms with Gasteiger partial charge in [-0.25, -0.2) is 14.8 Å². The van der Waals surface area contributed by atoms with Gasteiger partial charge in [0, 0.05) is 19.9 Å². The predicted molar refractivity (Wildman–Crippen MR) is 71.7 cm³/mol. The minimum atomic E-state index is -1.08. The van der Waals surface area contributed by atoms with Gasteiger partial charge in [0.25, 0.3) is 0 Å². The third-order valence-electron chi connectivity index (χ3n) is 2.55. The molecule has 0 radical (unpaired) electrons. The molecule has 1 amide bonds. The van der Waals surface area contributed by atoms with E-state index in [2.05, 4.69) is 20.6 Å². The van der Waals surface area contributed by atoms with Crippen LogP contribution in [0.5, 0.6) is 0 Å². The highest BCUT2D eigenvalue weighted by Crippen LogP contribution is 2.07. The smallest absolute Gasteiger partial charge is 0.339 e. The number of carbonyl (C=O) groups excluding carboxylic acids is 1. The summed E-state index contributed by atoms with van der Waals surface area (Å²) in [4.78, 5) is 30.4. The number of carbonyl (C=O) groups is 2. The van der Waals surface area contributed by atoms with E-state index in [1.807, 2.05) is 0 Å². The molecule has 1 unspecified atom stereocenters. The van der Waals surface area contributed by atoms with Crippen LogP contribution in [0.1, 0.15) is 23.0 Å². The van der Waals surface area contributed by atoms with Gasteiger partial charge in [0.15, 0.2) is 0 Å². The van der Waals surface area contributed by atoms with Crippen LogP contribution in [0.25, 0.3) is 0 Å². The fourth-order valence-corrected chi connectivity index (χ4v) is 1.44. The van der Waals surface area contributed by atoms with Crippen LogP contribution < -0.4 is 10.6 Å². The van der Waals surface area contributed by atoms with Crippen LogP contribution in [0.15, 0.2) is 6.20 Å². The summed E-state index contributed by atoms with van der Waals surface area (Å²) in [7, 11) is 1.55.